The maximum Gasteiger partial charge on any atom is 0.161 e. The quantitative estimate of drug-likeness (QED) is 0.345. The van der Waals surface area contributed by atoms with Crippen molar-refractivity contribution in [2.24, 2.45) is 5.92 Å². The van der Waals surface area contributed by atoms with Crippen molar-refractivity contribution < 1.29 is 39.9 Å². The van der Waals surface area contributed by atoms with Gasteiger partial charge in [-0.1, -0.05) is 45.6 Å². The van der Waals surface area contributed by atoms with E-state index in [0.29, 0.717) is 5.56 Å². The maximum atomic E-state index is 14.4. The molecule has 1 spiro atoms. The molecule has 1 aliphatic heterocycles. The van der Waals surface area contributed by atoms with Crippen molar-refractivity contribution in [2.75, 3.05) is 5.32 Å². The van der Waals surface area contributed by atoms with Crippen molar-refractivity contribution in [3.8, 4) is 5.82 Å². The van der Waals surface area contributed by atoms with E-state index >= 15 is 0 Å². The second-order valence-electron chi connectivity index (χ2n) is 9.15. The van der Waals surface area contributed by atoms with Gasteiger partial charge in [0.25, 0.3) is 0 Å². The first kappa shape index (κ1) is 23.3. The summed E-state index contributed by atoms with van der Waals surface area (Å²) in [5.41, 5.74) is 2.50. The molecule has 3 aromatic rings. The number of aromatic nitrogens is 3. The summed E-state index contributed by atoms with van der Waals surface area (Å²) in [6, 6.07) is 7.91. The number of hydrogen-bond donors (Lipinski definition) is 1. The van der Waals surface area contributed by atoms with Crippen LogP contribution < -0.4 is 5.32 Å². The second kappa shape index (κ2) is 8.84. The van der Waals surface area contributed by atoms with E-state index in [9.17, 15) is 8.78 Å². The van der Waals surface area contributed by atoms with E-state index in [1.165, 1.54) is 6.07 Å². The molecule has 1 aromatic carbocycles. The standard InChI is InChI=1S/C25H27F2N4.U/c1-15(2)23-29-14-22-25(30-21-5-4-12-28-24(21)31(22)23)10-8-17(9-11-25)16(3)19-7-6-18(26)13-20(19)27;/h4-7,12-15,17,30H,8-11H2,1-3H3;/q-1;. The van der Waals surface area contributed by atoms with Crippen LogP contribution in [0.3, 0.4) is 0 Å². The van der Waals surface area contributed by atoms with Crippen molar-refractivity contribution in [1.29, 1.82) is 0 Å². The Bertz CT molecular complexity index is 1120. The van der Waals surface area contributed by atoms with Crippen molar-refractivity contribution >= 4 is 5.69 Å². The average Bonchev–Trinajstić information content (AvgIpc) is 3.21. The molecule has 32 heavy (non-hydrogen) atoms. The molecule has 4 nitrogen and oxygen atoms in total. The molecule has 1 fully saturated rings. The fraction of sp³-hybridized carbons (Fsp3) is 0.400. The summed E-state index contributed by atoms with van der Waals surface area (Å²) in [4.78, 5) is 9.40. The van der Waals surface area contributed by atoms with Crippen molar-refractivity contribution in [2.45, 2.75) is 57.9 Å². The molecule has 2 aliphatic rings. The molecule has 0 unspecified atom stereocenters. The number of rotatable bonds is 3. The van der Waals surface area contributed by atoms with E-state index in [-0.39, 0.29) is 48.5 Å². The Hall–Kier alpha value is -1.84. The summed E-state index contributed by atoms with van der Waals surface area (Å²) in [6.45, 7) is 6.28. The van der Waals surface area contributed by atoms with Gasteiger partial charge in [0.2, 0.25) is 0 Å². The Morgan fingerprint density at radius 3 is 2.59 bits per heavy atom. The molecule has 5 rings (SSSR count). The zero-order chi connectivity index (χ0) is 21.8. The minimum atomic E-state index is -0.537. The molecule has 2 aromatic heterocycles. The van der Waals surface area contributed by atoms with Gasteiger partial charge in [-0.2, -0.15) is 17.5 Å². The van der Waals surface area contributed by atoms with Crippen LogP contribution in [-0.2, 0) is 5.54 Å². The third-order valence-corrected chi connectivity index (χ3v) is 6.98. The second-order valence-corrected chi connectivity index (χ2v) is 9.15. The van der Waals surface area contributed by atoms with Crippen LogP contribution in [0.25, 0.3) is 5.82 Å². The van der Waals surface area contributed by atoms with E-state index in [1.54, 1.807) is 6.07 Å². The van der Waals surface area contributed by atoms with E-state index in [2.05, 4.69) is 34.8 Å². The topological polar surface area (TPSA) is 42.7 Å². The predicted molar refractivity (Wildman–Crippen MR) is 117 cm³/mol. The van der Waals surface area contributed by atoms with Gasteiger partial charge in [0.05, 0.1) is 23.1 Å². The normalized spacial score (nSPS) is 21.5. The SMILES string of the molecule is C[C-](c1ccc(F)cc1F)C1CCC2(CC1)Nc1cccnc1-n1c2cnc1C(C)C.[U]. The number of imidazole rings is 1. The van der Waals surface area contributed by atoms with Crippen LogP contribution in [0.15, 0.2) is 42.7 Å². The number of pyridine rings is 1. The molecule has 0 radical (unpaired) electrons. The van der Waals surface area contributed by atoms with Crippen molar-refractivity contribution in [1.82, 2.24) is 14.5 Å². The zero-order valence-electron chi connectivity index (χ0n) is 18.6. The largest absolute Gasteiger partial charge is 0.371 e. The summed E-state index contributed by atoms with van der Waals surface area (Å²) in [5, 5.41) is 3.78. The Morgan fingerprint density at radius 1 is 1.16 bits per heavy atom. The number of hydrogen-bond acceptors (Lipinski definition) is 3. The molecule has 1 N–H and O–H groups in total. The first-order chi connectivity index (χ1) is 14.9. The van der Waals surface area contributed by atoms with Gasteiger partial charge >= 0.3 is 0 Å². The van der Waals surface area contributed by atoms with Gasteiger partial charge in [-0.25, -0.2) is 14.4 Å². The molecule has 1 aliphatic carbocycles. The van der Waals surface area contributed by atoms with Crippen LogP contribution in [0.4, 0.5) is 14.5 Å². The third kappa shape index (κ3) is 3.78. The van der Waals surface area contributed by atoms with E-state index in [1.807, 2.05) is 25.4 Å². The Balaban J connectivity index is 0.00000245. The van der Waals surface area contributed by atoms with Gasteiger partial charge in [-0.15, -0.1) is 0 Å². The smallest absolute Gasteiger partial charge is 0.161 e. The van der Waals surface area contributed by atoms with Crippen molar-refractivity contribution in [3.05, 3.63) is 77.4 Å². The molecule has 0 saturated heterocycles. The van der Waals surface area contributed by atoms with Gasteiger partial charge in [0, 0.05) is 49.0 Å². The molecule has 7 heteroatoms. The summed E-state index contributed by atoms with van der Waals surface area (Å²) in [7, 11) is 0. The zero-order valence-corrected chi connectivity index (χ0v) is 22.8. The Kier molecular flexibility index (Phi) is 6.44. The molecule has 0 atom stereocenters. The number of benzene rings is 1. The summed E-state index contributed by atoms with van der Waals surface area (Å²) in [5.74, 6) is 2.46. The first-order valence-corrected chi connectivity index (χ1v) is 11.0. The Morgan fingerprint density at radius 2 is 1.91 bits per heavy atom. The van der Waals surface area contributed by atoms with Crippen LogP contribution in [0, 0.1) is 54.6 Å². The first-order valence-electron chi connectivity index (χ1n) is 11.0. The molecule has 3 heterocycles. The minimum absolute atomic E-state index is 0. The predicted octanol–water partition coefficient (Wildman–Crippen LogP) is 6.12. The van der Waals surface area contributed by atoms with Gasteiger partial charge in [-0.3, -0.25) is 8.96 Å². The van der Waals surface area contributed by atoms with E-state index in [0.717, 1.165) is 60.7 Å². The van der Waals surface area contributed by atoms with Gasteiger partial charge in [0.15, 0.2) is 5.82 Å². The van der Waals surface area contributed by atoms with Gasteiger partial charge in [0.1, 0.15) is 11.6 Å². The van der Waals surface area contributed by atoms with Gasteiger partial charge in [-0.05, 0) is 31.0 Å². The van der Waals surface area contributed by atoms with Crippen LogP contribution >= 0.6 is 0 Å². The number of anilines is 1. The summed E-state index contributed by atoms with van der Waals surface area (Å²) in [6.07, 6.45) is 7.49. The molecule has 0 amide bonds. The van der Waals surface area contributed by atoms with Crippen molar-refractivity contribution in [3.63, 3.8) is 0 Å². The summed E-state index contributed by atoms with van der Waals surface area (Å²) < 4.78 is 29.9. The number of halogens is 2. The average molecular weight is 660 g/mol. The molecular weight excluding hydrogens is 632 g/mol. The van der Waals surface area contributed by atoms with Gasteiger partial charge < -0.3 is 5.32 Å². The molecule has 1 saturated carbocycles. The fourth-order valence-electron chi connectivity index (χ4n) is 5.28. The molecular formula is C25H27F2N4U-. The number of nitrogens with one attached hydrogen (secondary N) is 1. The van der Waals surface area contributed by atoms with Crippen LogP contribution in [0.5, 0.6) is 0 Å². The monoisotopic (exact) mass is 659 g/mol. The third-order valence-electron chi connectivity index (χ3n) is 6.98. The summed E-state index contributed by atoms with van der Waals surface area (Å²) >= 11 is 0. The van der Waals surface area contributed by atoms with E-state index in [4.69, 9.17) is 4.98 Å². The number of nitrogens with zero attached hydrogens (tertiary/aromatic N) is 3. The maximum absolute atomic E-state index is 14.4. The fourth-order valence-corrected chi connectivity index (χ4v) is 5.28. The van der Waals surface area contributed by atoms with Crippen LogP contribution in [0.1, 0.15) is 69.5 Å². The molecule has 0 bridgehead atoms. The minimum Gasteiger partial charge on any atom is -0.371 e. The van der Waals surface area contributed by atoms with Crippen LogP contribution in [-0.4, -0.2) is 14.5 Å². The Labute approximate surface area is 211 Å². The van der Waals surface area contributed by atoms with Crippen LogP contribution in [0.2, 0.25) is 0 Å². The van der Waals surface area contributed by atoms with E-state index < -0.39 is 11.6 Å². The molecule has 166 valence electrons. The number of fused-ring (bicyclic) bond motifs is 4.